The van der Waals surface area contributed by atoms with Crippen molar-refractivity contribution in [3.05, 3.63) is 58.8 Å². The molecule has 1 fully saturated rings. The summed E-state index contributed by atoms with van der Waals surface area (Å²) in [5, 5.41) is 9.48. The van der Waals surface area contributed by atoms with Crippen molar-refractivity contribution in [3.63, 3.8) is 0 Å². The van der Waals surface area contributed by atoms with Crippen LogP contribution in [0.3, 0.4) is 0 Å². The highest BCUT2D eigenvalue weighted by Crippen LogP contribution is 2.29. The molecule has 5 rings (SSSR count). The maximum atomic E-state index is 14.3. The van der Waals surface area contributed by atoms with Crippen molar-refractivity contribution >= 4 is 29.2 Å². The summed E-state index contributed by atoms with van der Waals surface area (Å²) in [6.07, 6.45) is 4.39. The van der Waals surface area contributed by atoms with E-state index in [4.69, 9.17) is 4.74 Å². The average molecular weight is 508 g/mol. The van der Waals surface area contributed by atoms with Crippen LogP contribution in [0.2, 0.25) is 0 Å². The molecule has 1 aliphatic heterocycles. The molecule has 1 aliphatic carbocycles. The van der Waals surface area contributed by atoms with Gasteiger partial charge in [-0.05, 0) is 56.2 Å². The molecule has 0 atom stereocenters. The van der Waals surface area contributed by atoms with E-state index in [1.165, 1.54) is 6.07 Å². The van der Waals surface area contributed by atoms with E-state index < -0.39 is 17.6 Å². The number of aromatic nitrogens is 3. The van der Waals surface area contributed by atoms with Crippen LogP contribution in [-0.4, -0.2) is 44.7 Å². The quantitative estimate of drug-likeness (QED) is 0.371. The number of hydrogen-bond acceptors (Lipinski definition) is 7. The molecule has 3 heterocycles. The van der Waals surface area contributed by atoms with Crippen LogP contribution in [-0.2, 0) is 22.6 Å². The molecular formula is C26H26FN5O5. The van der Waals surface area contributed by atoms with E-state index in [1.807, 2.05) is 0 Å². The second-order valence-corrected chi connectivity index (χ2v) is 9.57. The first-order chi connectivity index (χ1) is 17.8. The Morgan fingerprint density at radius 2 is 1.89 bits per heavy atom. The molecule has 2 aliphatic rings. The minimum absolute atomic E-state index is 0.00957. The molecule has 0 saturated heterocycles. The minimum Gasteiger partial charge on any atom is -0.426 e. The van der Waals surface area contributed by atoms with Crippen molar-refractivity contribution in [1.29, 1.82) is 0 Å². The second-order valence-electron chi connectivity index (χ2n) is 9.57. The summed E-state index contributed by atoms with van der Waals surface area (Å²) in [5.74, 6) is -1.14. The van der Waals surface area contributed by atoms with Crippen molar-refractivity contribution in [1.82, 2.24) is 25.2 Å². The first-order valence-corrected chi connectivity index (χ1v) is 12.2. The summed E-state index contributed by atoms with van der Waals surface area (Å²) < 4.78 is 20.5. The van der Waals surface area contributed by atoms with Crippen molar-refractivity contribution < 1.29 is 28.3 Å². The molecule has 0 radical (unpaired) electrons. The number of benzene rings is 1. The maximum Gasteiger partial charge on any atom is 0.315 e. The highest BCUT2D eigenvalue weighted by molar-refractivity contribution is 5.98. The van der Waals surface area contributed by atoms with Crippen LogP contribution in [0.25, 0.3) is 5.65 Å². The van der Waals surface area contributed by atoms with Gasteiger partial charge in [0.15, 0.2) is 11.5 Å². The molecule has 192 valence electrons. The Balaban J connectivity index is 1.27. The lowest BCUT2D eigenvalue weighted by Crippen LogP contribution is -2.34. The predicted molar refractivity (Wildman–Crippen MR) is 128 cm³/mol. The predicted octanol–water partition coefficient (Wildman–Crippen LogP) is 2.39. The van der Waals surface area contributed by atoms with E-state index in [0.717, 1.165) is 47.5 Å². The zero-order valence-corrected chi connectivity index (χ0v) is 20.3. The number of fused-ring (bicyclic) bond motifs is 2. The maximum absolute atomic E-state index is 14.3. The van der Waals surface area contributed by atoms with Gasteiger partial charge in [-0.15, -0.1) is 0 Å². The lowest BCUT2D eigenvalue weighted by molar-refractivity contribution is -0.131. The van der Waals surface area contributed by atoms with E-state index in [9.17, 15) is 23.6 Å². The number of carbonyl (C=O) groups is 4. The summed E-state index contributed by atoms with van der Waals surface area (Å²) >= 11 is 0. The van der Waals surface area contributed by atoms with E-state index in [-0.39, 0.29) is 53.6 Å². The number of Topliss-reactive ketones (excluding diaryl/α,β-unsaturated/α-hetero) is 1. The average Bonchev–Trinajstić information content (AvgIpc) is 3.46. The normalized spacial score (nSPS) is 18.8. The van der Waals surface area contributed by atoms with Gasteiger partial charge in [-0.1, -0.05) is 6.07 Å². The Bertz CT molecular complexity index is 1410. The Kier molecular flexibility index (Phi) is 6.68. The molecule has 1 aromatic carbocycles. The first-order valence-electron chi connectivity index (χ1n) is 12.2. The SMILES string of the molecule is CC(=O)C1CCC(CNC(=O)c2cc(C(=O)NCc3ccc4c(c3)CC(=O)O4)nc3c(F)cnn23)CC1. The van der Waals surface area contributed by atoms with Gasteiger partial charge in [0.2, 0.25) is 0 Å². The monoisotopic (exact) mass is 507 g/mol. The van der Waals surface area contributed by atoms with Gasteiger partial charge >= 0.3 is 5.97 Å². The third kappa shape index (κ3) is 5.20. The first kappa shape index (κ1) is 24.5. The number of esters is 1. The van der Waals surface area contributed by atoms with Gasteiger partial charge in [0, 0.05) is 30.6 Å². The number of ketones is 1. The minimum atomic E-state index is -0.755. The summed E-state index contributed by atoms with van der Waals surface area (Å²) in [6.45, 7) is 2.16. The van der Waals surface area contributed by atoms with Gasteiger partial charge in [-0.3, -0.25) is 19.2 Å². The third-order valence-corrected chi connectivity index (χ3v) is 7.00. The summed E-state index contributed by atoms with van der Waals surface area (Å²) in [4.78, 5) is 53.0. The summed E-state index contributed by atoms with van der Waals surface area (Å²) in [7, 11) is 0. The summed E-state index contributed by atoms with van der Waals surface area (Å²) in [5.41, 5.74) is 1.13. The number of ether oxygens (including phenoxy) is 1. The van der Waals surface area contributed by atoms with Gasteiger partial charge in [-0.2, -0.15) is 5.10 Å². The Morgan fingerprint density at radius 3 is 2.65 bits per heavy atom. The van der Waals surface area contributed by atoms with E-state index in [1.54, 1.807) is 25.1 Å². The number of nitrogens with one attached hydrogen (secondary N) is 2. The van der Waals surface area contributed by atoms with Gasteiger partial charge in [0.25, 0.3) is 11.8 Å². The third-order valence-electron chi connectivity index (χ3n) is 7.00. The smallest absolute Gasteiger partial charge is 0.315 e. The van der Waals surface area contributed by atoms with E-state index in [0.29, 0.717) is 12.3 Å². The number of halogens is 1. The molecule has 11 heteroatoms. The van der Waals surface area contributed by atoms with E-state index >= 15 is 0 Å². The zero-order chi connectivity index (χ0) is 26.1. The van der Waals surface area contributed by atoms with Gasteiger partial charge in [-0.25, -0.2) is 13.9 Å². The van der Waals surface area contributed by atoms with Crippen molar-refractivity contribution in [2.75, 3.05) is 6.54 Å². The van der Waals surface area contributed by atoms with Crippen LogP contribution in [0.4, 0.5) is 4.39 Å². The fourth-order valence-corrected chi connectivity index (χ4v) is 4.88. The van der Waals surface area contributed by atoms with Crippen LogP contribution in [0.1, 0.15) is 64.7 Å². The number of hydrogen-bond donors (Lipinski definition) is 2. The Morgan fingerprint density at radius 1 is 1.11 bits per heavy atom. The number of nitrogens with zero attached hydrogens (tertiary/aromatic N) is 3. The van der Waals surface area contributed by atoms with Crippen LogP contribution >= 0.6 is 0 Å². The molecule has 0 spiro atoms. The standard InChI is InChI=1S/C26H26FN5O5/c1-14(33)17-5-2-15(3-6-17)11-29-26(36)21-10-20(31-24-19(27)13-30-32(21)24)25(35)28-12-16-4-7-22-18(8-16)9-23(34)37-22/h4,7-8,10,13,15,17H,2-3,5-6,9,11-12H2,1H3,(H,28,35)(H,29,36). The number of amides is 2. The fraction of sp³-hybridized carbons (Fsp3) is 0.385. The van der Waals surface area contributed by atoms with E-state index in [2.05, 4.69) is 20.7 Å². The molecule has 0 bridgehead atoms. The molecule has 37 heavy (non-hydrogen) atoms. The van der Waals surface area contributed by atoms with Gasteiger partial charge in [0.1, 0.15) is 22.9 Å². The van der Waals surface area contributed by atoms with Crippen molar-refractivity contribution in [3.8, 4) is 5.75 Å². The van der Waals surface area contributed by atoms with Crippen LogP contribution in [0.15, 0.2) is 30.5 Å². The lowest BCUT2D eigenvalue weighted by Gasteiger charge is -2.27. The van der Waals surface area contributed by atoms with Gasteiger partial charge < -0.3 is 15.4 Å². The largest absolute Gasteiger partial charge is 0.426 e. The zero-order valence-electron chi connectivity index (χ0n) is 20.3. The molecule has 2 N–H and O–H groups in total. The van der Waals surface area contributed by atoms with Crippen molar-refractivity contribution in [2.45, 2.75) is 45.6 Å². The van der Waals surface area contributed by atoms with Crippen LogP contribution in [0.5, 0.6) is 5.75 Å². The van der Waals surface area contributed by atoms with Crippen LogP contribution in [0, 0.1) is 17.7 Å². The molecule has 2 aromatic heterocycles. The molecule has 10 nitrogen and oxygen atoms in total. The Labute approximate surface area is 211 Å². The fourth-order valence-electron chi connectivity index (χ4n) is 4.88. The lowest BCUT2D eigenvalue weighted by atomic mass is 9.80. The summed E-state index contributed by atoms with van der Waals surface area (Å²) in [6, 6.07) is 6.46. The van der Waals surface area contributed by atoms with Crippen molar-refractivity contribution in [2.24, 2.45) is 11.8 Å². The number of rotatable bonds is 7. The second kappa shape index (κ2) is 10.1. The molecule has 3 aromatic rings. The van der Waals surface area contributed by atoms with Gasteiger partial charge in [0.05, 0.1) is 12.6 Å². The Hall–Kier alpha value is -4.15. The molecular weight excluding hydrogens is 481 g/mol. The number of carbonyl (C=O) groups excluding carboxylic acids is 4. The highest BCUT2D eigenvalue weighted by atomic mass is 19.1. The topological polar surface area (TPSA) is 132 Å². The molecule has 2 amide bonds. The van der Waals surface area contributed by atoms with Crippen LogP contribution < -0.4 is 15.4 Å². The highest BCUT2D eigenvalue weighted by Gasteiger charge is 2.26. The molecule has 1 saturated carbocycles. The molecule has 0 unspecified atom stereocenters.